The number of aliphatic hydroxyl groups is 1. The maximum atomic E-state index is 13.7. The second-order valence-corrected chi connectivity index (χ2v) is 12.4. The van der Waals surface area contributed by atoms with Crippen LogP contribution in [0.1, 0.15) is 38.3 Å². The van der Waals surface area contributed by atoms with Crippen LogP contribution < -0.4 is 9.04 Å². The number of rotatable bonds is 9. The highest BCUT2D eigenvalue weighted by Gasteiger charge is 2.51. The number of carboxylic acids is 1. The van der Waals surface area contributed by atoms with Crippen molar-refractivity contribution in [1.82, 2.24) is 0 Å². The number of esters is 1. The lowest BCUT2D eigenvalue weighted by Gasteiger charge is -2.38. The van der Waals surface area contributed by atoms with Gasteiger partial charge in [-0.05, 0) is 56.7 Å². The number of carbonyl (C=O) groups excluding carboxylic acids is 1. The van der Waals surface area contributed by atoms with Gasteiger partial charge in [0.25, 0.3) is 10.0 Å². The van der Waals surface area contributed by atoms with Crippen molar-refractivity contribution >= 4 is 27.6 Å². The number of aliphatic hydroxyl groups excluding tert-OH is 1. The molecule has 0 unspecified atom stereocenters. The van der Waals surface area contributed by atoms with Gasteiger partial charge in [0.2, 0.25) is 5.60 Å². The molecule has 232 valence electrons. The van der Waals surface area contributed by atoms with E-state index in [1.807, 2.05) is 0 Å². The standard InChI is InChI=1S/C26H27F6NO8S/c1-23(2,26(30,31)32)41-21(35)10-15-7-8-20-19(9-15)33(13-17(40-20)12-24(3,14-34)22(36)37)42(38,39)18-6-4-5-16(11-18)25(27,28)29/h4-9,11,17,34H,10,12-14H2,1-3H3,(H,36,37)/t17-,24+/m0/s1. The van der Waals surface area contributed by atoms with Gasteiger partial charge in [0.1, 0.15) is 11.9 Å². The Morgan fingerprint density at radius 2 is 1.69 bits per heavy atom. The summed E-state index contributed by atoms with van der Waals surface area (Å²) in [5, 5.41) is 19.2. The number of alkyl halides is 6. The number of carbonyl (C=O) groups is 2. The molecule has 2 atom stereocenters. The first-order chi connectivity index (χ1) is 19.1. The molecule has 0 saturated carbocycles. The van der Waals surface area contributed by atoms with E-state index in [4.69, 9.17) is 4.74 Å². The fraction of sp³-hybridized carbons (Fsp3) is 0.462. The highest BCUT2D eigenvalue weighted by atomic mass is 32.2. The number of nitrogens with zero attached hydrogens (tertiary/aromatic N) is 1. The van der Waals surface area contributed by atoms with Crippen LogP contribution in [0, 0.1) is 5.41 Å². The number of carboxylic acid groups (broad SMARTS) is 1. The summed E-state index contributed by atoms with van der Waals surface area (Å²) >= 11 is 0. The molecule has 0 bridgehead atoms. The molecule has 0 aromatic heterocycles. The third-order valence-corrected chi connectivity index (χ3v) is 8.42. The number of benzene rings is 2. The molecular weight excluding hydrogens is 600 g/mol. The van der Waals surface area contributed by atoms with Crippen molar-refractivity contribution in [3.8, 4) is 5.75 Å². The number of halogens is 6. The molecule has 1 aliphatic heterocycles. The zero-order valence-corrected chi connectivity index (χ0v) is 23.2. The molecule has 3 rings (SSSR count). The van der Waals surface area contributed by atoms with Crippen LogP contribution in [0.4, 0.5) is 32.0 Å². The molecular formula is C26H27F6NO8S. The van der Waals surface area contributed by atoms with E-state index >= 15 is 0 Å². The second-order valence-electron chi connectivity index (χ2n) is 10.5. The summed E-state index contributed by atoms with van der Waals surface area (Å²) in [6.07, 6.45) is -12.1. The van der Waals surface area contributed by atoms with Crippen molar-refractivity contribution in [2.45, 2.75) is 62.6 Å². The molecule has 2 aromatic carbocycles. The maximum absolute atomic E-state index is 13.7. The summed E-state index contributed by atoms with van der Waals surface area (Å²) in [6.45, 7) is 1.03. The van der Waals surface area contributed by atoms with Gasteiger partial charge in [-0.3, -0.25) is 13.9 Å². The lowest BCUT2D eigenvalue weighted by molar-refractivity contribution is -0.257. The minimum Gasteiger partial charge on any atom is -0.486 e. The van der Waals surface area contributed by atoms with Gasteiger partial charge in [-0.2, -0.15) is 26.3 Å². The minimum atomic E-state index is -4.88. The zero-order chi connectivity index (χ0) is 31.9. The number of hydrogen-bond donors (Lipinski definition) is 2. The summed E-state index contributed by atoms with van der Waals surface area (Å²) in [5.74, 6) is -2.87. The second kappa shape index (κ2) is 11.3. The van der Waals surface area contributed by atoms with Gasteiger partial charge < -0.3 is 19.7 Å². The van der Waals surface area contributed by atoms with Crippen molar-refractivity contribution in [3.63, 3.8) is 0 Å². The molecule has 2 aromatic rings. The Hall–Kier alpha value is -3.53. The first-order valence-electron chi connectivity index (χ1n) is 12.2. The van der Waals surface area contributed by atoms with E-state index in [0.717, 1.165) is 18.2 Å². The van der Waals surface area contributed by atoms with Gasteiger partial charge in [-0.15, -0.1) is 0 Å². The average Bonchev–Trinajstić information content (AvgIpc) is 2.86. The molecule has 16 heteroatoms. The summed E-state index contributed by atoms with van der Waals surface area (Å²) in [5.41, 5.74) is -6.12. The highest BCUT2D eigenvalue weighted by Crippen LogP contribution is 2.41. The van der Waals surface area contributed by atoms with E-state index in [1.165, 1.54) is 19.1 Å². The zero-order valence-electron chi connectivity index (χ0n) is 22.4. The van der Waals surface area contributed by atoms with Crippen LogP contribution in [0.5, 0.6) is 5.75 Å². The fourth-order valence-electron chi connectivity index (χ4n) is 4.03. The van der Waals surface area contributed by atoms with Crippen molar-refractivity contribution in [2.75, 3.05) is 17.5 Å². The minimum absolute atomic E-state index is 0.00579. The summed E-state index contributed by atoms with van der Waals surface area (Å²) < 4.78 is 118. The van der Waals surface area contributed by atoms with Crippen LogP contribution in [0.15, 0.2) is 47.4 Å². The van der Waals surface area contributed by atoms with Crippen LogP contribution in [0.3, 0.4) is 0 Å². The Bertz CT molecular complexity index is 1460. The quantitative estimate of drug-likeness (QED) is 0.306. The summed E-state index contributed by atoms with van der Waals surface area (Å²) in [6, 6.07) is 6.41. The highest BCUT2D eigenvalue weighted by molar-refractivity contribution is 7.92. The summed E-state index contributed by atoms with van der Waals surface area (Å²) in [4.78, 5) is 23.3. The predicted octanol–water partition coefficient (Wildman–Crippen LogP) is 4.56. The monoisotopic (exact) mass is 627 g/mol. The molecule has 0 aliphatic carbocycles. The number of anilines is 1. The molecule has 2 N–H and O–H groups in total. The van der Waals surface area contributed by atoms with E-state index in [2.05, 4.69) is 4.74 Å². The third kappa shape index (κ3) is 6.91. The van der Waals surface area contributed by atoms with E-state index in [1.54, 1.807) is 0 Å². The Balaban J connectivity index is 2.06. The van der Waals surface area contributed by atoms with Crippen molar-refractivity contribution in [1.29, 1.82) is 0 Å². The normalized spacial score (nSPS) is 17.6. The lowest BCUT2D eigenvalue weighted by Crippen LogP contribution is -2.47. The van der Waals surface area contributed by atoms with Crippen LogP contribution >= 0.6 is 0 Å². The molecule has 42 heavy (non-hydrogen) atoms. The van der Waals surface area contributed by atoms with Crippen LogP contribution in [-0.4, -0.2) is 61.6 Å². The summed E-state index contributed by atoms with van der Waals surface area (Å²) in [7, 11) is -4.79. The van der Waals surface area contributed by atoms with E-state index in [-0.39, 0.29) is 17.0 Å². The number of sulfonamides is 1. The van der Waals surface area contributed by atoms with Crippen LogP contribution in [0.2, 0.25) is 0 Å². The van der Waals surface area contributed by atoms with Gasteiger partial charge in [-0.25, -0.2) is 8.42 Å². The maximum Gasteiger partial charge on any atom is 0.427 e. The molecule has 0 fully saturated rings. The SMILES string of the molecule is CC(C)(OC(=O)Cc1ccc2c(c1)N(S(=O)(=O)c1cccc(C(F)(F)F)c1)C[C@H](C[C@](C)(CO)C(=O)O)O2)C(F)(F)F. The van der Waals surface area contributed by atoms with Gasteiger partial charge in [0.15, 0.2) is 0 Å². The van der Waals surface area contributed by atoms with Gasteiger partial charge in [-0.1, -0.05) is 12.1 Å². The molecule has 0 amide bonds. The molecule has 1 aliphatic rings. The topological polar surface area (TPSA) is 130 Å². The van der Waals surface area contributed by atoms with Gasteiger partial charge in [0.05, 0.1) is 41.1 Å². The van der Waals surface area contributed by atoms with Gasteiger partial charge in [0, 0.05) is 6.42 Å². The molecule has 0 saturated heterocycles. The predicted molar refractivity (Wildman–Crippen MR) is 134 cm³/mol. The Morgan fingerprint density at radius 1 is 1.05 bits per heavy atom. The van der Waals surface area contributed by atoms with Crippen LogP contribution in [0.25, 0.3) is 0 Å². The Labute approximate surface area is 236 Å². The number of ether oxygens (including phenoxy) is 2. The molecule has 1 heterocycles. The Kier molecular flexibility index (Phi) is 8.86. The molecule has 0 radical (unpaired) electrons. The molecule has 0 spiro atoms. The lowest BCUT2D eigenvalue weighted by atomic mass is 9.85. The first kappa shape index (κ1) is 33.0. The number of aliphatic carboxylic acids is 1. The van der Waals surface area contributed by atoms with Gasteiger partial charge >= 0.3 is 24.3 Å². The van der Waals surface area contributed by atoms with Crippen LogP contribution in [-0.2, 0) is 36.9 Å². The molecule has 9 nitrogen and oxygen atoms in total. The Morgan fingerprint density at radius 3 is 2.24 bits per heavy atom. The van der Waals surface area contributed by atoms with E-state index in [0.29, 0.717) is 30.3 Å². The number of fused-ring (bicyclic) bond motifs is 1. The smallest absolute Gasteiger partial charge is 0.427 e. The fourth-order valence-corrected chi connectivity index (χ4v) is 5.57. The average molecular weight is 628 g/mol. The first-order valence-corrected chi connectivity index (χ1v) is 13.7. The number of hydrogen-bond acceptors (Lipinski definition) is 7. The van der Waals surface area contributed by atoms with Crippen molar-refractivity contribution in [3.05, 3.63) is 53.6 Å². The van der Waals surface area contributed by atoms with E-state index in [9.17, 15) is 54.6 Å². The van der Waals surface area contributed by atoms with E-state index < -0.39 is 87.9 Å². The largest absolute Gasteiger partial charge is 0.486 e. The van der Waals surface area contributed by atoms with Crippen molar-refractivity contribution < 1.29 is 64.0 Å². The van der Waals surface area contributed by atoms with Crippen molar-refractivity contribution in [2.24, 2.45) is 5.41 Å². The third-order valence-electron chi connectivity index (χ3n) is 6.65.